The molecule has 0 aromatic carbocycles. The lowest BCUT2D eigenvalue weighted by Gasteiger charge is -2.14. The summed E-state index contributed by atoms with van der Waals surface area (Å²) in [5, 5.41) is 2.14. The molecule has 0 aliphatic rings. The second-order valence-electron chi connectivity index (χ2n) is 3.47. The highest BCUT2D eigenvalue weighted by Crippen LogP contribution is 2.24. The van der Waals surface area contributed by atoms with Crippen LogP contribution in [0.2, 0.25) is 0 Å². The SMILES string of the molecule is NNC(Cc1cccnc1)c1csc(I)c1. The molecule has 0 fully saturated rings. The third-order valence-corrected chi connectivity index (χ3v) is 4.16. The van der Waals surface area contributed by atoms with Crippen molar-refractivity contribution in [3.05, 3.63) is 50.0 Å². The van der Waals surface area contributed by atoms with Crippen LogP contribution >= 0.6 is 33.9 Å². The Morgan fingerprint density at radius 3 is 3.00 bits per heavy atom. The number of hydrogen-bond acceptors (Lipinski definition) is 4. The van der Waals surface area contributed by atoms with Crippen molar-refractivity contribution in [3.63, 3.8) is 0 Å². The number of nitrogens with two attached hydrogens (primary N) is 1. The first-order chi connectivity index (χ1) is 7.79. The average molecular weight is 345 g/mol. The number of hydrogen-bond donors (Lipinski definition) is 2. The van der Waals surface area contributed by atoms with Crippen molar-refractivity contribution < 1.29 is 0 Å². The molecular formula is C11H12IN3S. The summed E-state index contributed by atoms with van der Waals surface area (Å²) in [6.07, 6.45) is 4.51. The summed E-state index contributed by atoms with van der Waals surface area (Å²) in [6.45, 7) is 0. The van der Waals surface area contributed by atoms with Crippen LogP contribution in [0.1, 0.15) is 17.2 Å². The number of nitrogens with zero attached hydrogens (tertiary/aromatic N) is 1. The summed E-state index contributed by atoms with van der Waals surface area (Å²) in [4.78, 5) is 4.10. The van der Waals surface area contributed by atoms with E-state index < -0.39 is 0 Å². The van der Waals surface area contributed by atoms with Gasteiger partial charge in [-0.1, -0.05) is 6.07 Å². The smallest absolute Gasteiger partial charge is 0.0656 e. The van der Waals surface area contributed by atoms with Gasteiger partial charge in [0.25, 0.3) is 0 Å². The van der Waals surface area contributed by atoms with Gasteiger partial charge in [-0.05, 0) is 57.7 Å². The van der Waals surface area contributed by atoms with Crippen LogP contribution in [0.15, 0.2) is 36.0 Å². The maximum absolute atomic E-state index is 5.59. The Hall–Kier alpha value is -0.500. The molecule has 0 amide bonds. The van der Waals surface area contributed by atoms with E-state index in [1.54, 1.807) is 17.5 Å². The summed E-state index contributed by atoms with van der Waals surface area (Å²) in [7, 11) is 0. The first-order valence-electron chi connectivity index (χ1n) is 4.88. The van der Waals surface area contributed by atoms with Gasteiger partial charge in [0.05, 0.1) is 8.93 Å². The molecule has 2 rings (SSSR count). The zero-order chi connectivity index (χ0) is 11.4. The number of hydrazine groups is 1. The molecule has 0 aliphatic heterocycles. The molecule has 0 bridgehead atoms. The Kier molecular flexibility index (Phi) is 4.28. The van der Waals surface area contributed by atoms with Crippen molar-refractivity contribution in [2.45, 2.75) is 12.5 Å². The van der Waals surface area contributed by atoms with Crippen LogP contribution in [0.5, 0.6) is 0 Å². The van der Waals surface area contributed by atoms with Crippen molar-refractivity contribution in [2.24, 2.45) is 5.84 Å². The molecule has 0 spiro atoms. The Labute approximate surface area is 112 Å². The molecule has 3 nitrogen and oxygen atoms in total. The number of thiophene rings is 1. The van der Waals surface area contributed by atoms with Gasteiger partial charge < -0.3 is 0 Å². The van der Waals surface area contributed by atoms with Gasteiger partial charge in [0, 0.05) is 12.4 Å². The minimum absolute atomic E-state index is 0.156. The standard InChI is InChI=1S/C11H12IN3S/c12-11-5-9(7-16-11)10(15-13)4-8-2-1-3-14-6-8/h1-3,5-7,10,15H,4,13H2. The van der Waals surface area contributed by atoms with Crippen LogP contribution in [0.25, 0.3) is 0 Å². The first-order valence-corrected chi connectivity index (χ1v) is 6.84. The Bertz CT molecular complexity index is 444. The van der Waals surface area contributed by atoms with E-state index in [1.807, 2.05) is 12.3 Å². The topological polar surface area (TPSA) is 50.9 Å². The summed E-state index contributed by atoms with van der Waals surface area (Å²) in [6, 6.07) is 6.32. The maximum atomic E-state index is 5.59. The molecule has 0 aliphatic carbocycles. The van der Waals surface area contributed by atoms with E-state index in [1.165, 1.54) is 14.0 Å². The molecule has 3 N–H and O–H groups in total. The van der Waals surface area contributed by atoms with Gasteiger partial charge >= 0.3 is 0 Å². The van der Waals surface area contributed by atoms with Gasteiger partial charge in [-0.2, -0.15) is 0 Å². The van der Waals surface area contributed by atoms with E-state index >= 15 is 0 Å². The summed E-state index contributed by atoms with van der Waals surface area (Å²) in [5.74, 6) is 5.59. The van der Waals surface area contributed by atoms with Crippen LogP contribution in [0, 0.1) is 2.88 Å². The minimum Gasteiger partial charge on any atom is -0.271 e. The lowest BCUT2D eigenvalue weighted by Crippen LogP contribution is -2.29. The number of aromatic nitrogens is 1. The van der Waals surface area contributed by atoms with Gasteiger partial charge in [-0.3, -0.25) is 16.3 Å². The van der Waals surface area contributed by atoms with Crippen LogP contribution in [-0.4, -0.2) is 4.98 Å². The second-order valence-corrected chi connectivity index (χ2v) is 6.27. The third-order valence-electron chi connectivity index (χ3n) is 2.35. The molecule has 2 heterocycles. The third kappa shape index (κ3) is 3.00. The van der Waals surface area contributed by atoms with Crippen LogP contribution in [0.4, 0.5) is 0 Å². The maximum Gasteiger partial charge on any atom is 0.0656 e. The van der Waals surface area contributed by atoms with Gasteiger partial charge in [-0.25, -0.2) is 0 Å². The molecule has 16 heavy (non-hydrogen) atoms. The van der Waals surface area contributed by atoms with Gasteiger partial charge in [0.2, 0.25) is 0 Å². The summed E-state index contributed by atoms with van der Waals surface area (Å²) >= 11 is 4.05. The van der Waals surface area contributed by atoms with Gasteiger partial charge in [-0.15, -0.1) is 11.3 Å². The van der Waals surface area contributed by atoms with Crippen LogP contribution in [0.3, 0.4) is 0 Å². The van der Waals surface area contributed by atoms with E-state index in [9.17, 15) is 0 Å². The largest absolute Gasteiger partial charge is 0.271 e. The normalized spacial score (nSPS) is 12.6. The molecule has 5 heteroatoms. The predicted octanol–water partition coefficient (Wildman–Crippen LogP) is 2.49. The van der Waals surface area contributed by atoms with E-state index in [0.717, 1.165) is 6.42 Å². The van der Waals surface area contributed by atoms with Gasteiger partial charge in [0.1, 0.15) is 0 Å². The number of rotatable bonds is 4. The van der Waals surface area contributed by atoms with Crippen molar-refractivity contribution >= 4 is 33.9 Å². The van der Waals surface area contributed by atoms with E-state index in [4.69, 9.17) is 5.84 Å². The number of halogens is 1. The second kappa shape index (κ2) is 5.72. The average Bonchev–Trinajstić information content (AvgIpc) is 2.74. The molecule has 2 aromatic heterocycles. The Balaban J connectivity index is 2.12. The number of nitrogens with one attached hydrogen (secondary N) is 1. The zero-order valence-electron chi connectivity index (χ0n) is 8.56. The molecule has 2 aromatic rings. The monoisotopic (exact) mass is 345 g/mol. The van der Waals surface area contributed by atoms with E-state index in [0.29, 0.717) is 0 Å². The highest BCUT2D eigenvalue weighted by atomic mass is 127. The van der Waals surface area contributed by atoms with E-state index in [-0.39, 0.29) is 6.04 Å². The zero-order valence-corrected chi connectivity index (χ0v) is 11.5. The first kappa shape index (κ1) is 12.0. The van der Waals surface area contributed by atoms with Crippen molar-refractivity contribution in [3.8, 4) is 0 Å². The fraction of sp³-hybridized carbons (Fsp3) is 0.182. The van der Waals surface area contributed by atoms with Crippen LogP contribution < -0.4 is 11.3 Å². The molecule has 1 atom stereocenters. The molecule has 1 unspecified atom stereocenters. The Morgan fingerprint density at radius 2 is 2.44 bits per heavy atom. The fourth-order valence-corrected chi connectivity index (χ4v) is 2.96. The quantitative estimate of drug-likeness (QED) is 0.509. The van der Waals surface area contributed by atoms with Crippen molar-refractivity contribution in [1.29, 1.82) is 0 Å². The summed E-state index contributed by atoms with van der Waals surface area (Å²) in [5.41, 5.74) is 5.28. The fourth-order valence-electron chi connectivity index (χ4n) is 1.53. The van der Waals surface area contributed by atoms with E-state index in [2.05, 4.69) is 50.5 Å². The number of pyridine rings is 1. The Morgan fingerprint density at radius 1 is 1.56 bits per heavy atom. The van der Waals surface area contributed by atoms with Crippen LogP contribution in [-0.2, 0) is 6.42 Å². The van der Waals surface area contributed by atoms with Crippen molar-refractivity contribution in [2.75, 3.05) is 0 Å². The highest BCUT2D eigenvalue weighted by Gasteiger charge is 2.12. The minimum atomic E-state index is 0.156. The summed E-state index contributed by atoms with van der Waals surface area (Å²) < 4.78 is 1.28. The van der Waals surface area contributed by atoms with Gasteiger partial charge in [0.15, 0.2) is 0 Å². The molecule has 0 radical (unpaired) electrons. The highest BCUT2D eigenvalue weighted by molar-refractivity contribution is 14.1. The lowest BCUT2D eigenvalue weighted by molar-refractivity contribution is 0.552. The lowest BCUT2D eigenvalue weighted by atomic mass is 10.0. The molecule has 84 valence electrons. The predicted molar refractivity (Wildman–Crippen MR) is 75.0 cm³/mol. The molecule has 0 saturated carbocycles. The molecule has 0 saturated heterocycles. The van der Waals surface area contributed by atoms with Crippen molar-refractivity contribution in [1.82, 2.24) is 10.4 Å². The molecular weight excluding hydrogens is 333 g/mol.